The fourth-order valence-electron chi connectivity index (χ4n) is 2.50. The molecule has 1 aliphatic heterocycles. The highest BCUT2D eigenvalue weighted by atomic mass is 32.2. The van der Waals surface area contributed by atoms with Gasteiger partial charge in [0.25, 0.3) is 0 Å². The molecule has 2 N–H and O–H groups in total. The normalized spacial score (nSPS) is 21.1. The Morgan fingerprint density at radius 2 is 2.20 bits per heavy atom. The molecule has 0 unspecified atom stereocenters. The Kier molecular flexibility index (Phi) is 3.27. The minimum Gasteiger partial charge on any atom is -0.493 e. The maximum Gasteiger partial charge on any atom is 0.240 e. The average Bonchev–Trinajstić information content (AvgIpc) is 3.16. The van der Waals surface area contributed by atoms with Crippen LogP contribution in [-0.2, 0) is 16.4 Å². The van der Waals surface area contributed by atoms with Gasteiger partial charge in [-0.05, 0) is 49.4 Å². The van der Waals surface area contributed by atoms with Crippen LogP contribution in [0.4, 0.5) is 0 Å². The smallest absolute Gasteiger partial charge is 0.240 e. The molecule has 110 valence electrons. The Balaban J connectivity index is 1.74. The molecule has 5 nitrogen and oxygen atoms in total. The van der Waals surface area contributed by atoms with Gasteiger partial charge >= 0.3 is 0 Å². The summed E-state index contributed by atoms with van der Waals surface area (Å²) >= 11 is 0. The number of benzene rings is 1. The van der Waals surface area contributed by atoms with Gasteiger partial charge in [0.05, 0.1) is 17.1 Å². The number of hydrogen-bond donors (Lipinski definition) is 2. The van der Waals surface area contributed by atoms with Crippen LogP contribution in [0.3, 0.4) is 0 Å². The highest BCUT2D eigenvalue weighted by Gasteiger charge is 2.40. The third kappa shape index (κ3) is 2.68. The molecular weight excluding hydrogens is 278 g/mol. The summed E-state index contributed by atoms with van der Waals surface area (Å²) in [5, 5.41) is 10.2. The fraction of sp³-hybridized carbons (Fsp3) is 0.571. The minimum atomic E-state index is -3.59. The molecule has 0 spiro atoms. The van der Waals surface area contributed by atoms with E-state index in [0.717, 1.165) is 30.6 Å². The summed E-state index contributed by atoms with van der Waals surface area (Å²) in [6.07, 6.45) is 2.66. The molecule has 0 saturated heterocycles. The molecule has 1 aromatic carbocycles. The predicted molar refractivity (Wildman–Crippen MR) is 74.2 cm³/mol. The van der Waals surface area contributed by atoms with E-state index in [0.29, 0.717) is 6.61 Å². The van der Waals surface area contributed by atoms with E-state index < -0.39 is 15.6 Å². The number of fused-ring (bicyclic) bond motifs is 1. The molecule has 2 aliphatic rings. The first-order valence-electron chi connectivity index (χ1n) is 6.86. The standard InChI is InChI=1S/C14H19NO4S/c1-14(16,11-2-3-11)9-15-20(17,18)12-4-5-13-10(8-12)6-7-19-13/h4-5,8,11,15-16H,2-3,6-7,9H2,1H3/t14-/m1/s1. The average molecular weight is 297 g/mol. The predicted octanol–water partition coefficient (Wildman–Crippen LogP) is 1.06. The molecule has 0 aromatic heterocycles. The third-order valence-electron chi connectivity index (χ3n) is 4.05. The molecule has 1 heterocycles. The van der Waals surface area contributed by atoms with Gasteiger partial charge in [-0.3, -0.25) is 0 Å². The zero-order valence-electron chi connectivity index (χ0n) is 11.4. The fourth-order valence-corrected chi connectivity index (χ4v) is 3.70. The van der Waals surface area contributed by atoms with Gasteiger partial charge in [-0.25, -0.2) is 13.1 Å². The van der Waals surface area contributed by atoms with Crippen molar-refractivity contribution in [1.29, 1.82) is 0 Å². The molecule has 0 amide bonds. The number of aliphatic hydroxyl groups is 1. The Bertz CT molecular complexity index is 620. The maximum absolute atomic E-state index is 12.3. The lowest BCUT2D eigenvalue weighted by Gasteiger charge is -2.23. The van der Waals surface area contributed by atoms with E-state index in [-0.39, 0.29) is 17.4 Å². The molecule has 6 heteroatoms. The minimum absolute atomic E-state index is 0.0492. The van der Waals surface area contributed by atoms with Crippen molar-refractivity contribution in [3.05, 3.63) is 23.8 Å². The molecule has 1 aromatic rings. The second-order valence-electron chi connectivity index (χ2n) is 5.82. The van der Waals surface area contributed by atoms with Gasteiger partial charge < -0.3 is 9.84 Å². The van der Waals surface area contributed by atoms with E-state index >= 15 is 0 Å². The van der Waals surface area contributed by atoms with Crippen molar-refractivity contribution in [2.75, 3.05) is 13.2 Å². The first-order valence-corrected chi connectivity index (χ1v) is 8.35. The van der Waals surface area contributed by atoms with Gasteiger partial charge in [-0.15, -0.1) is 0 Å². The lowest BCUT2D eigenvalue weighted by Crippen LogP contribution is -2.42. The van der Waals surface area contributed by atoms with Crippen LogP contribution in [0.1, 0.15) is 25.3 Å². The molecule has 1 atom stereocenters. The Hall–Kier alpha value is -1.11. The maximum atomic E-state index is 12.3. The van der Waals surface area contributed by atoms with Gasteiger partial charge in [-0.2, -0.15) is 0 Å². The van der Waals surface area contributed by atoms with Crippen molar-refractivity contribution in [2.24, 2.45) is 5.92 Å². The van der Waals surface area contributed by atoms with E-state index in [1.165, 1.54) is 0 Å². The van der Waals surface area contributed by atoms with E-state index in [4.69, 9.17) is 4.74 Å². The number of ether oxygens (including phenoxy) is 1. The highest BCUT2D eigenvalue weighted by molar-refractivity contribution is 7.89. The zero-order valence-corrected chi connectivity index (χ0v) is 12.2. The summed E-state index contributed by atoms with van der Waals surface area (Å²) in [5.74, 6) is 0.965. The number of rotatable bonds is 5. The van der Waals surface area contributed by atoms with Gasteiger partial charge in [0.1, 0.15) is 5.75 Å². The van der Waals surface area contributed by atoms with E-state index in [9.17, 15) is 13.5 Å². The van der Waals surface area contributed by atoms with Crippen molar-refractivity contribution >= 4 is 10.0 Å². The van der Waals surface area contributed by atoms with Crippen LogP contribution in [0.15, 0.2) is 23.1 Å². The highest BCUT2D eigenvalue weighted by Crippen LogP contribution is 2.39. The van der Waals surface area contributed by atoms with Gasteiger partial charge in [0.15, 0.2) is 0 Å². The second-order valence-corrected chi connectivity index (χ2v) is 7.59. The van der Waals surface area contributed by atoms with Crippen LogP contribution >= 0.6 is 0 Å². The van der Waals surface area contributed by atoms with E-state index in [1.807, 2.05) is 0 Å². The van der Waals surface area contributed by atoms with Crippen molar-refractivity contribution in [3.63, 3.8) is 0 Å². The lowest BCUT2D eigenvalue weighted by atomic mass is 10.0. The Morgan fingerprint density at radius 3 is 2.90 bits per heavy atom. The third-order valence-corrected chi connectivity index (χ3v) is 5.45. The van der Waals surface area contributed by atoms with Crippen molar-refractivity contribution in [3.8, 4) is 5.75 Å². The van der Waals surface area contributed by atoms with Gasteiger partial charge in [0, 0.05) is 13.0 Å². The summed E-state index contributed by atoms with van der Waals surface area (Å²) in [6.45, 7) is 2.33. The van der Waals surface area contributed by atoms with Gasteiger partial charge in [-0.1, -0.05) is 0 Å². The first kappa shape index (κ1) is 13.9. The zero-order chi connectivity index (χ0) is 14.4. The molecule has 20 heavy (non-hydrogen) atoms. The summed E-state index contributed by atoms with van der Waals surface area (Å²) in [6, 6.07) is 4.88. The largest absolute Gasteiger partial charge is 0.493 e. The summed E-state index contributed by atoms with van der Waals surface area (Å²) in [4.78, 5) is 0.230. The van der Waals surface area contributed by atoms with Crippen LogP contribution < -0.4 is 9.46 Å². The first-order chi connectivity index (χ1) is 9.38. The molecule has 0 radical (unpaired) electrons. The number of sulfonamides is 1. The quantitative estimate of drug-likeness (QED) is 0.852. The van der Waals surface area contributed by atoms with E-state index in [2.05, 4.69) is 4.72 Å². The summed E-state index contributed by atoms with van der Waals surface area (Å²) < 4.78 is 32.4. The van der Waals surface area contributed by atoms with Crippen LogP contribution in [0.5, 0.6) is 5.75 Å². The SMILES string of the molecule is C[C@@](O)(CNS(=O)(=O)c1ccc2c(c1)CCO2)C1CC1. The van der Waals surface area contributed by atoms with Crippen LogP contribution in [-0.4, -0.2) is 32.3 Å². The van der Waals surface area contributed by atoms with E-state index in [1.54, 1.807) is 25.1 Å². The monoisotopic (exact) mass is 297 g/mol. The summed E-state index contributed by atoms with van der Waals surface area (Å²) in [5.41, 5.74) is -0.0470. The summed E-state index contributed by atoms with van der Waals surface area (Å²) in [7, 11) is -3.59. The van der Waals surface area contributed by atoms with Gasteiger partial charge in [0.2, 0.25) is 10.0 Å². The van der Waals surface area contributed by atoms with Crippen molar-refractivity contribution < 1.29 is 18.3 Å². The number of hydrogen-bond acceptors (Lipinski definition) is 4. The topological polar surface area (TPSA) is 75.6 Å². The molecule has 0 bridgehead atoms. The molecule has 1 aliphatic carbocycles. The molecule has 1 fully saturated rings. The Labute approximate surface area is 119 Å². The molecule has 1 saturated carbocycles. The van der Waals surface area contributed by atoms with Crippen LogP contribution in [0.2, 0.25) is 0 Å². The molecular formula is C14H19NO4S. The number of nitrogens with one attached hydrogen (secondary N) is 1. The van der Waals surface area contributed by atoms with Crippen molar-refractivity contribution in [2.45, 2.75) is 36.7 Å². The van der Waals surface area contributed by atoms with Crippen molar-refractivity contribution in [1.82, 2.24) is 4.72 Å². The second kappa shape index (κ2) is 4.72. The lowest BCUT2D eigenvalue weighted by molar-refractivity contribution is 0.0422. The Morgan fingerprint density at radius 1 is 1.45 bits per heavy atom. The van der Waals surface area contributed by atoms with Crippen LogP contribution in [0, 0.1) is 5.92 Å². The van der Waals surface area contributed by atoms with Crippen LogP contribution in [0.25, 0.3) is 0 Å². The molecule has 3 rings (SSSR count).